The first-order valence-corrected chi connectivity index (χ1v) is 8.89. The molecule has 9 heteroatoms. The van der Waals surface area contributed by atoms with Gasteiger partial charge in [-0.3, -0.25) is 14.4 Å². The first kappa shape index (κ1) is 22.4. The predicted octanol–water partition coefficient (Wildman–Crippen LogP) is 4.13. The second-order valence-corrected chi connectivity index (χ2v) is 6.67. The van der Waals surface area contributed by atoms with Crippen molar-refractivity contribution >= 4 is 17.6 Å². The molecular formula is C20H22F3N3O3. The molecule has 29 heavy (non-hydrogen) atoms. The molecule has 0 fully saturated rings. The molecule has 0 aliphatic carbocycles. The van der Waals surface area contributed by atoms with E-state index in [0.717, 1.165) is 0 Å². The molecule has 0 spiro atoms. The average molecular weight is 409 g/mol. The second kappa shape index (κ2) is 9.51. The maximum Gasteiger partial charge on any atom is 0.391 e. The first-order valence-electron chi connectivity index (χ1n) is 8.89. The molecule has 2 amide bonds. The van der Waals surface area contributed by atoms with E-state index in [1.165, 1.54) is 25.1 Å². The first-order chi connectivity index (χ1) is 13.5. The molecule has 156 valence electrons. The van der Waals surface area contributed by atoms with Crippen molar-refractivity contribution in [3.63, 3.8) is 0 Å². The van der Waals surface area contributed by atoms with Gasteiger partial charge in [-0.05, 0) is 36.8 Å². The van der Waals surface area contributed by atoms with Crippen LogP contribution in [-0.2, 0) is 9.63 Å². The van der Waals surface area contributed by atoms with Crippen molar-refractivity contribution in [3.8, 4) is 0 Å². The van der Waals surface area contributed by atoms with Crippen molar-refractivity contribution < 1.29 is 27.6 Å². The van der Waals surface area contributed by atoms with Gasteiger partial charge in [0.25, 0.3) is 5.91 Å². The van der Waals surface area contributed by atoms with E-state index in [0.29, 0.717) is 11.3 Å². The predicted molar refractivity (Wildman–Crippen MR) is 101 cm³/mol. The molecule has 2 aromatic rings. The summed E-state index contributed by atoms with van der Waals surface area (Å²) in [6.07, 6.45) is -7.14. The highest BCUT2D eigenvalue weighted by Crippen LogP contribution is 2.32. The Morgan fingerprint density at radius 1 is 1.17 bits per heavy atom. The van der Waals surface area contributed by atoms with Gasteiger partial charge in [-0.15, -0.1) is 0 Å². The molecule has 2 unspecified atom stereocenters. The molecule has 0 saturated carbocycles. The van der Waals surface area contributed by atoms with Crippen LogP contribution in [0.1, 0.15) is 47.8 Å². The van der Waals surface area contributed by atoms with Crippen LogP contribution in [0.15, 0.2) is 42.5 Å². The van der Waals surface area contributed by atoms with Crippen LogP contribution in [-0.4, -0.2) is 29.1 Å². The Morgan fingerprint density at radius 3 is 2.41 bits per heavy atom. The number of alkyl halides is 3. The summed E-state index contributed by atoms with van der Waals surface area (Å²) in [6, 6.07) is 11.1. The van der Waals surface area contributed by atoms with E-state index in [1.807, 2.05) is 0 Å². The minimum atomic E-state index is -4.50. The van der Waals surface area contributed by atoms with Gasteiger partial charge < -0.3 is 5.32 Å². The van der Waals surface area contributed by atoms with E-state index in [-0.39, 0.29) is 17.3 Å². The summed E-state index contributed by atoms with van der Waals surface area (Å²) in [5.74, 6) is -1.50. The number of benzene rings is 1. The summed E-state index contributed by atoms with van der Waals surface area (Å²) in [6.45, 7) is 4.53. The third kappa shape index (κ3) is 7.19. The molecule has 0 aliphatic heterocycles. The highest BCUT2D eigenvalue weighted by Gasteiger charge is 2.36. The van der Waals surface area contributed by atoms with E-state index in [1.54, 1.807) is 38.1 Å². The Balaban J connectivity index is 2.21. The molecule has 0 aliphatic rings. The minimum absolute atomic E-state index is 0.235. The summed E-state index contributed by atoms with van der Waals surface area (Å²) >= 11 is 0. The highest BCUT2D eigenvalue weighted by molar-refractivity contribution is 5.93. The zero-order valence-electron chi connectivity index (χ0n) is 16.2. The Kier molecular flexibility index (Phi) is 7.33. The van der Waals surface area contributed by atoms with Gasteiger partial charge in [-0.2, -0.15) is 13.2 Å². The van der Waals surface area contributed by atoms with E-state index < -0.39 is 30.5 Å². The van der Waals surface area contributed by atoms with Gasteiger partial charge in [0.2, 0.25) is 5.91 Å². The molecule has 2 N–H and O–H groups in total. The van der Waals surface area contributed by atoms with Gasteiger partial charge in [0.1, 0.15) is 11.9 Å². The molecule has 1 aromatic carbocycles. The summed E-state index contributed by atoms with van der Waals surface area (Å²) in [7, 11) is 0. The van der Waals surface area contributed by atoms with Gasteiger partial charge >= 0.3 is 6.18 Å². The van der Waals surface area contributed by atoms with Crippen LogP contribution in [0, 0.1) is 6.92 Å². The smallest absolute Gasteiger partial charge is 0.311 e. The maximum atomic E-state index is 13.1. The number of carbonyl (C=O) groups excluding carboxylic acids is 2. The number of aromatic nitrogens is 1. The van der Waals surface area contributed by atoms with Crippen molar-refractivity contribution in [1.29, 1.82) is 0 Å². The summed E-state index contributed by atoms with van der Waals surface area (Å²) < 4.78 is 39.3. The van der Waals surface area contributed by atoms with E-state index >= 15 is 0 Å². The zero-order valence-corrected chi connectivity index (χ0v) is 16.2. The summed E-state index contributed by atoms with van der Waals surface area (Å²) in [5.41, 5.74) is 3.39. The van der Waals surface area contributed by atoms with Crippen LogP contribution in [0.5, 0.6) is 0 Å². The van der Waals surface area contributed by atoms with Gasteiger partial charge in [0.15, 0.2) is 0 Å². The number of hydroxylamine groups is 1. The quantitative estimate of drug-likeness (QED) is 0.674. The fraction of sp³-hybridized carbons (Fsp3) is 0.350. The minimum Gasteiger partial charge on any atom is -0.311 e. The lowest BCUT2D eigenvalue weighted by atomic mass is 9.93. The number of rotatable bonds is 7. The van der Waals surface area contributed by atoms with Crippen molar-refractivity contribution in [3.05, 3.63) is 59.3 Å². The largest absolute Gasteiger partial charge is 0.391 e. The number of anilines is 1. The second-order valence-electron chi connectivity index (χ2n) is 6.67. The lowest BCUT2D eigenvalue weighted by Gasteiger charge is -2.26. The van der Waals surface area contributed by atoms with Crippen molar-refractivity contribution in [2.45, 2.75) is 45.4 Å². The maximum absolute atomic E-state index is 13.1. The van der Waals surface area contributed by atoms with Gasteiger partial charge in [-0.25, -0.2) is 10.5 Å². The molecule has 0 saturated heterocycles. The summed E-state index contributed by atoms with van der Waals surface area (Å²) in [5, 5.41) is 2.52. The lowest BCUT2D eigenvalue weighted by molar-refractivity contribution is -0.170. The molecule has 1 heterocycles. The molecule has 2 atom stereocenters. The van der Waals surface area contributed by atoms with Crippen LogP contribution >= 0.6 is 0 Å². The lowest BCUT2D eigenvalue weighted by Crippen LogP contribution is -2.35. The van der Waals surface area contributed by atoms with Crippen LogP contribution < -0.4 is 10.8 Å². The standard InChI is InChI=1S/C20H22F3N3O3/c1-12-9-16(10-18(24-12)25-14(3)27)13(2)17(11-20(21,22)23)29-26-19(28)15-7-5-4-6-8-15/h4-10,13,17H,11H2,1-3H3,(H,26,28)(H,24,25,27). The average Bonchev–Trinajstić information content (AvgIpc) is 2.63. The Hall–Kier alpha value is -2.94. The van der Waals surface area contributed by atoms with Crippen LogP contribution in [0.25, 0.3) is 0 Å². The number of nitrogens with one attached hydrogen (secondary N) is 2. The Labute approximate surface area is 166 Å². The third-order valence-corrected chi connectivity index (χ3v) is 4.13. The SMILES string of the molecule is CC(=O)Nc1cc(C(C)C(CC(F)(F)F)ONC(=O)c2ccccc2)cc(C)n1. The van der Waals surface area contributed by atoms with Crippen LogP contribution in [0.2, 0.25) is 0 Å². The molecular weight excluding hydrogens is 387 g/mol. The topological polar surface area (TPSA) is 80.3 Å². The van der Waals surface area contributed by atoms with E-state index in [2.05, 4.69) is 15.8 Å². The van der Waals surface area contributed by atoms with Crippen LogP contribution in [0.3, 0.4) is 0 Å². The molecule has 0 radical (unpaired) electrons. The molecule has 0 bridgehead atoms. The molecule has 2 rings (SSSR count). The normalized spacial score (nSPS) is 13.4. The van der Waals surface area contributed by atoms with E-state index in [9.17, 15) is 22.8 Å². The van der Waals surface area contributed by atoms with Crippen molar-refractivity contribution in [2.75, 3.05) is 5.32 Å². The third-order valence-electron chi connectivity index (χ3n) is 4.13. The van der Waals surface area contributed by atoms with Gasteiger partial charge in [0.05, 0.1) is 6.42 Å². The van der Waals surface area contributed by atoms with Crippen molar-refractivity contribution in [2.24, 2.45) is 0 Å². The number of amides is 2. The number of carbonyl (C=O) groups is 2. The fourth-order valence-electron chi connectivity index (χ4n) is 2.74. The number of hydrogen-bond donors (Lipinski definition) is 2. The van der Waals surface area contributed by atoms with Crippen molar-refractivity contribution in [1.82, 2.24) is 10.5 Å². The summed E-state index contributed by atoms with van der Waals surface area (Å²) in [4.78, 5) is 32.7. The fourth-order valence-corrected chi connectivity index (χ4v) is 2.74. The Bertz CT molecular complexity index is 857. The molecule has 1 aromatic heterocycles. The highest BCUT2D eigenvalue weighted by atomic mass is 19.4. The Morgan fingerprint density at radius 2 is 1.83 bits per heavy atom. The van der Waals surface area contributed by atoms with Gasteiger partial charge in [0, 0.05) is 24.1 Å². The van der Waals surface area contributed by atoms with E-state index in [4.69, 9.17) is 4.84 Å². The number of halogens is 3. The molecule has 6 nitrogen and oxygen atoms in total. The van der Waals surface area contributed by atoms with Crippen LogP contribution in [0.4, 0.5) is 19.0 Å². The van der Waals surface area contributed by atoms with Gasteiger partial charge in [-0.1, -0.05) is 25.1 Å². The monoisotopic (exact) mass is 409 g/mol. The number of pyridine rings is 1. The number of aryl methyl sites for hydroxylation is 1. The number of nitrogens with zero attached hydrogens (tertiary/aromatic N) is 1. The zero-order chi connectivity index (χ0) is 21.6. The number of hydrogen-bond acceptors (Lipinski definition) is 4.